The molecule has 0 saturated carbocycles. The number of nitrogens with one attached hydrogen (secondary N) is 1. The van der Waals surface area contributed by atoms with Crippen molar-refractivity contribution in [2.45, 2.75) is 26.6 Å². The normalized spacial score (nSPS) is 25.3. The number of benzene rings is 2. The number of hydrogen-bond acceptors (Lipinski definition) is 3. The molecule has 2 atom stereocenters. The van der Waals surface area contributed by atoms with Gasteiger partial charge in [-0.05, 0) is 36.1 Å². The summed E-state index contributed by atoms with van der Waals surface area (Å²) in [5.41, 5.74) is 8.79. The largest absolute Gasteiger partial charge is 0.356 e. The lowest BCUT2D eigenvalue weighted by molar-refractivity contribution is -0.836. The highest BCUT2D eigenvalue weighted by Gasteiger charge is 2.51. The van der Waals surface area contributed by atoms with Gasteiger partial charge in [-0.1, -0.05) is 53.6 Å². The van der Waals surface area contributed by atoms with Crippen molar-refractivity contribution in [2.75, 3.05) is 7.05 Å². The summed E-state index contributed by atoms with van der Waals surface area (Å²) in [5.74, 6) is 0. The summed E-state index contributed by atoms with van der Waals surface area (Å²) in [5, 5.41) is 2.22. The molecule has 1 N–H and O–H groups in total. The molecule has 3 rings (SSSR count). The highest BCUT2D eigenvalue weighted by molar-refractivity contribution is 14.1. The Morgan fingerprint density at radius 1 is 1.12 bits per heavy atom. The summed E-state index contributed by atoms with van der Waals surface area (Å²) in [6.45, 7) is 8.55. The van der Waals surface area contributed by atoms with Crippen molar-refractivity contribution in [1.82, 2.24) is 13.7 Å². The van der Waals surface area contributed by atoms with E-state index >= 15 is 0 Å². The van der Waals surface area contributed by atoms with Crippen LogP contribution >= 0.6 is 45.7 Å². The molecule has 6 heteroatoms. The first-order chi connectivity index (χ1) is 11.4. The van der Waals surface area contributed by atoms with E-state index in [1.54, 1.807) is 0 Å². The number of hydrogen-bond donors (Lipinski definition) is 1. The van der Waals surface area contributed by atoms with E-state index in [0.29, 0.717) is 2.81 Å². The third-order valence-electron chi connectivity index (χ3n) is 4.24. The van der Waals surface area contributed by atoms with Gasteiger partial charge < -0.3 is 0 Å². The third kappa shape index (κ3) is 3.94. The number of aryl methyl sites for hydroxylation is 2. The Morgan fingerprint density at radius 2 is 1.83 bits per heavy atom. The minimum absolute atomic E-state index is 0.0974. The standard InChI is InChI=1S/C18H21I2N4/c1-14-9-10-16(11-15(14)2)12-21-23-18(17-7-5-4-6-8-17)22(19)13-24(23,3)20/h4-11,18,21H,12H2,1-3H3/q+1/t18-,24-/m1/s1. The zero-order valence-electron chi connectivity index (χ0n) is 14.0. The Balaban J connectivity index is 1.81. The van der Waals surface area contributed by atoms with Gasteiger partial charge in [0.2, 0.25) is 0 Å². The van der Waals surface area contributed by atoms with Crippen LogP contribution in [0.5, 0.6) is 0 Å². The first-order valence-corrected chi connectivity index (χ1v) is 9.75. The van der Waals surface area contributed by atoms with Gasteiger partial charge in [-0.25, -0.2) is 5.43 Å². The van der Waals surface area contributed by atoms with Crippen molar-refractivity contribution in [2.24, 2.45) is 0 Å². The molecule has 0 aromatic heterocycles. The molecule has 0 bridgehead atoms. The van der Waals surface area contributed by atoms with E-state index in [4.69, 9.17) is 0 Å². The number of nitrogens with zero attached hydrogens (tertiary/aromatic N) is 3. The van der Waals surface area contributed by atoms with Crippen molar-refractivity contribution in [3.8, 4) is 0 Å². The SMILES string of the molecule is Cc1ccc(CNN2[C@H](c3ccccc3)N(I)[C][N@+]2(C)I)cc1C. The first-order valence-electron chi connectivity index (χ1n) is 7.82. The van der Waals surface area contributed by atoms with Crippen molar-refractivity contribution in [3.63, 3.8) is 0 Å². The maximum absolute atomic E-state index is 3.60. The van der Waals surface area contributed by atoms with Gasteiger partial charge in [0.15, 0.2) is 6.17 Å². The quantitative estimate of drug-likeness (QED) is 0.444. The van der Waals surface area contributed by atoms with Gasteiger partial charge in [-0.15, -0.1) is 5.92 Å². The van der Waals surface area contributed by atoms with Gasteiger partial charge >= 0.3 is 6.67 Å². The summed E-state index contributed by atoms with van der Waals surface area (Å²) in [6, 6.07) is 17.2. The molecule has 0 spiro atoms. The Kier molecular flexibility index (Phi) is 5.83. The Morgan fingerprint density at radius 3 is 2.50 bits per heavy atom. The fourth-order valence-electron chi connectivity index (χ4n) is 2.78. The molecule has 4 nitrogen and oxygen atoms in total. The van der Waals surface area contributed by atoms with Crippen molar-refractivity contribution in [1.29, 1.82) is 0 Å². The summed E-state index contributed by atoms with van der Waals surface area (Å²) in [6.07, 6.45) is 0.0974. The average molecular weight is 547 g/mol. The van der Waals surface area contributed by atoms with Gasteiger partial charge in [0.25, 0.3) is 22.9 Å². The topological polar surface area (TPSA) is 18.5 Å². The van der Waals surface area contributed by atoms with E-state index in [-0.39, 0.29) is 6.17 Å². The molecular weight excluding hydrogens is 526 g/mol. The van der Waals surface area contributed by atoms with Crippen LogP contribution in [0.25, 0.3) is 0 Å². The molecular formula is C18H21I2N4+. The minimum atomic E-state index is 0.0974. The average Bonchev–Trinajstić information content (AvgIpc) is 2.77. The van der Waals surface area contributed by atoms with Gasteiger partial charge in [-0.3, -0.25) is 0 Å². The molecule has 126 valence electrons. The van der Waals surface area contributed by atoms with Crippen LogP contribution in [0.4, 0.5) is 0 Å². The molecule has 0 unspecified atom stereocenters. The van der Waals surface area contributed by atoms with E-state index in [1.807, 2.05) is 6.07 Å². The van der Waals surface area contributed by atoms with E-state index in [2.05, 4.69) is 129 Å². The van der Waals surface area contributed by atoms with Gasteiger partial charge in [0.1, 0.15) is 0 Å². The lowest BCUT2D eigenvalue weighted by Crippen LogP contribution is -2.51. The second-order valence-electron chi connectivity index (χ2n) is 6.15. The molecule has 2 radical (unpaired) electrons. The van der Waals surface area contributed by atoms with Crippen molar-refractivity contribution in [3.05, 3.63) is 77.5 Å². The summed E-state index contributed by atoms with van der Waals surface area (Å²) in [7, 11) is 2.11. The zero-order valence-corrected chi connectivity index (χ0v) is 18.3. The van der Waals surface area contributed by atoms with Crippen molar-refractivity contribution >= 4 is 45.7 Å². The van der Waals surface area contributed by atoms with Crippen LogP contribution < -0.4 is 5.43 Å². The number of rotatable bonds is 4. The Bertz CT molecular complexity index is 705. The molecule has 0 amide bonds. The predicted octanol–water partition coefficient (Wildman–Crippen LogP) is 4.68. The third-order valence-corrected chi connectivity index (χ3v) is 5.67. The highest BCUT2D eigenvalue weighted by Crippen LogP contribution is 2.43. The molecule has 1 saturated heterocycles. The Hall–Kier alpha value is -0.260. The number of hydrazine groups is 1. The van der Waals surface area contributed by atoms with Crippen LogP contribution in [-0.2, 0) is 6.54 Å². The second-order valence-corrected chi connectivity index (χ2v) is 9.06. The summed E-state index contributed by atoms with van der Waals surface area (Å²) in [4.78, 5) is 0. The highest BCUT2D eigenvalue weighted by atomic mass is 127. The number of quaternary nitrogens is 1. The number of halogens is 2. The van der Waals surface area contributed by atoms with Crippen LogP contribution in [0.2, 0.25) is 0 Å². The maximum Gasteiger partial charge on any atom is 0.356 e. The van der Waals surface area contributed by atoms with Gasteiger partial charge in [0.05, 0.1) is 7.05 Å². The van der Waals surface area contributed by atoms with Crippen LogP contribution in [0.15, 0.2) is 48.5 Å². The van der Waals surface area contributed by atoms with Gasteiger partial charge in [0, 0.05) is 29.4 Å². The van der Waals surface area contributed by atoms with E-state index < -0.39 is 0 Å². The molecule has 24 heavy (non-hydrogen) atoms. The van der Waals surface area contributed by atoms with E-state index in [1.165, 1.54) is 22.3 Å². The predicted molar refractivity (Wildman–Crippen MR) is 113 cm³/mol. The molecule has 1 aliphatic heterocycles. The molecule has 1 fully saturated rings. The van der Waals surface area contributed by atoms with Crippen molar-refractivity contribution < 1.29 is 2.81 Å². The monoisotopic (exact) mass is 547 g/mol. The molecule has 2 aromatic carbocycles. The first kappa shape index (κ1) is 18.5. The van der Waals surface area contributed by atoms with Gasteiger partial charge in [-0.2, -0.15) is 0 Å². The fourth-order valence-corrected chi connectivity index (χ4v) is 4.79. The minimum Gasteiger partial charge on any atom is -0.203 e. The summed E-state index contributed by atoms with van der Waals surface area (Å²) < 4.78 is 2.61. The lowest BCUT2D eigenvalue weighted by Gasteiger charge is -2.31. The Labute approximate surface area is 172 Å². The maximum atomic E-state index is 3.60. The second kappa shape index (κ2) is 7.55. The molecule has 2 aromatic rings. The van der Waals surface area contributed by atoms with Crippen LogP contribution in [0.1, 0.15) is 28.4 Å². The molecule has 0 aliphatic carbocycles. The summed E-state index contributed by atoms with van der Waals surface area (Å²) >= 11 is 4.71. The van der Waals surface area contributed by atoms with Crippen LogP contribution in [0, 0.1) is 20.5 Å². The van der Waals surface area contributed by atoms with Crippen LogP contribution in [0.3, 0.4) is 0 Å². The lowest BCUT2D eigenvalue weighted by atomic mass is 10.1. The van der Waals surface area contributed by atoms with Crippen LogP contribution in [-0.4, -0.2) is 18.1 Å². The van der Waals surface area contributed by atoms with E-state index in [0.717, 1.165) is 6.54 Å². The smallest absolute Gasteiger partial charge is 0.203 e. The fraction of sp³-hybridized carbons (Fsp3) is 0.278. The molecule has 1 heterocycles. The van der Waals surface area contributed by atoms with E-state index in [9.17, 15) is 0 Å². The molecule has 1 aliphatic rings. The zero-order chi connectivity index (χ0) is 17.3.